The van der Waals surface area contributed by atoms with Gasteiger partial charge < -0.3 is 9.47 Å². The highest BCUT2D eigenvalue weighted by atomic mass is 16.7. The first kappa shape index (κ1) is 33.7. The predicted molar refractivity (Wildman–Crippen MR) is 164 cm³/mol. The molecule has 0 N–H and O–H groups in total. The maximum atomic E-state index is 12.9. The third-order valence-electron chi connectivity index (χ3n) is 8.02. The highest BCUT2D eigenvalue weighted by Crippen LogP contribution is 2.35. The second-order valence-corrected chi connectivity index (χ2v) is 11.4. The van der Waals surface area contributed by atoms with Crippen LogP contribution in [0.25, 0.3) is 0 Å². The number of aryl methyl sites for hydroxylation is 1. The minimum atomic E-state index is -0.942. The Balaban J connectivity index is 1.46. The van der Waals surface area contributed by atoms with Crippen LogP contribution < -0.4 is 0 Å². The van der Waals surface area contributed by atoms with Gasteiger partial charge in [-0.15, -0.1) is 6.42 Å². The van der Waals surface area contributed by atoms with E-state index >= 15 is 0 Å². The van der Waals surface area contributed by atoms with E-state index in [1.165, 1.54) is 95.5 Å². The molecule has 40 heavy (non-hydrogen) atoms. The van der Waals surface area contributed by atoms with Crippen LogP contribution in [0.3, 0.4) is 0 Å². The molecule has 5 heteroatoms. The summed E-state index contributed by atoms with van der Waals surface area (Å²) in [7, 11) is 0. The molecule has 2 atom stereocenters. The number of unbranched alkanes of at least 4 members (excludes halogenated alkanes) is 16. The highest BCUT2D eigenvalue weighted by Gasteiger charge is 2.32. The van der Waals surface area contributed by atoms with Crippen LogP contribution in [-0.2, 0) is 20.7 Å². The SMILES string of the molecule is C#CCN(C(=O)OC(C)OC(=O)CCCCCCCCCCCCCCCCCCC)C1CCc2ccccc21. The predicted octanol–water partition coefficient (Wildman–Crippen LogP) is 9.68. The molecule has 0 saturated carbocycles. The quantitative estimate of drug-likeness (QED) is 0.0621. The van der Waals surface area contributed by atoms with Gasteiger partial charge in [-0.3, -0.25) is 9.69 Å². The van der Waals surface area contributed by atoms with Crippen LogP contribution in [0.5, 0.6) is 0 Å². The van der Waals surface area contributed by atoms with Gasteiger partial charge in [0.15, 0.2) is 0 Å². The van der Waals surface area contributed by atoms with Crippen LogP contribution >= 0.6 is 0 Å². The zero-order chi connectivity index (χ0) is 28.8. The van der Waals surface area contributed by atoms with Crippen LogP contribution in [0.1, 0.15) is 153 Å². The van der Waals surface area contributed by atoms with E-state index in [4.69, 9.17) is 15.9 Å². The molecule has 2 rings (SSSR count). The zero-order valence-electron chi connectivity index (χ0n) is 25.5. The van der Waals surface area contributed by atoms with Crippen molar-refractivity contribution in [2.45, 2.75) is 155 Å². The summed E-state index contributed by atoms with van der Waals surface area (Å²) in [5.41, 5.74) is 2.34. The number of hydrogen-bond donors (Lipinski definition) is 0. The minimum Gasteiger partial charge on any atom is -0.425 e. The molecule has 1 aromatic rings. The summed E-state index contributed by atoms with van der Waals surface area (Å²) in [6.07, 6.45) is 28.3. The third kappa shape index (κ3) is 13.7. The number of terminal acetylenes is 1. The van der Waals surface area contributed by atoms with Crippen LogP contribution in [0, 0.1) is 12.3 Å². The summed E-state index contributed by atoms with van der Waals surface area (Å²) in [6.45, 7) is 4.01. The van der Waals surface area contributed by atoms with E-state index in [1.54, 1.807) is 11.8 Å². The number of carbonyl (C=O) groups is 2. The van der Waals surface area contributed by atoms with Crippen molar-refractivity contribution in [3.8, 4) is 12.3 Å². The van der Waals surface area contributed by atoms with Gasteiger partial charge in [0, 0.05) is 13.3 Å². The van der Waals surface area contributed by atoms with Crippen molar-refractivity contribution in [2.75, 3.05) is 6.54 Å². The Morgan fingerprint density at radius 2 is 1.38 bits per heavy atom. The third-order valence-corrected chi connectivity index (χ3v) is 8.02. The summed E-state index contributed by atoms with van der Waals surface area (Å²) < 4.78 is 10.8. The topological polar surface area (TPSA) is 55.8 Å². The summed E-state index contributed by atoms with van der Waals surface area (Å²) >= 11 is 0. The van der Waals surface area contributed by atoms with Gasteiger partial charge in [-0.1, -0.05) is 140 Å². The molecule has 0 aromatic heterocycles. The molecule has 0 heterocycles. The van der Waals surface area contributed by atoms with Crippen molar-refractivity contribution in [2.24, 2.45) is 0 Å². The zero-order valence-corrected chi connectivity index (χ0v) is 25.5. The number of carbonyl (C=O) groups excluding carboxylic acids is 2. The molecule has 2 unspecified atom stereocenters. The van der Waals surface area contributed by atoms with E-state index in [2.05, 4.69) is 18.9 Å². The number of hydrogen-bond acceptors (Lipinski definition) is 4. The second kappa shape index (κ2) is 21.3. The molecular formula is C35H55NO4. The lowest BCUT2D eigenvalue weighted by atomic mass is 10.0. The molecule has 0 fully saturated rings. The minimum absolute atomic E-state index is 0.113. The molecule has 0 aliphatic heterocycles. The lowest BCUT2D eigenvalue weighted by molar-refractivity contribution is -0.166. The highest BCUT2D eigenvalue weighted by molar-refractivity contribution is 5.71. The average molecular weight is 554 g/mol. The molecule has 0 radical (unpaired) electrons. The smallest absolute Gasteiger partial charge is 0.414 e. The second-order valence-electron chi connectivity index (χ2n) is 11.4. The Morgan fingerprint density at radius 1 is 0.850 bits per heavy atom. The maximum absolute atomic E-state index is 12.9. The number of ether oxygens (including phenoxy) is 2. The summed E-state index contributed by atoms with van der Waals surface area (Å²) in [6, 6.07) is 7.98. The Morgan fingerprint density at radius 3 is 1.93 bits per heavy atom. The molecule has 1 aliphatic rings. The van der Waals surface area contributed by atoms with E-state index in [-0.39, 0.29) is 18.6 Å². The van der Waals surface area contributed by atoms with Crippen LogP contribution in [-0.4, -0.2) is 29.8 Å². The van der Waals surface area contributed by atoms with Crippen molar-refractivity contribution in [3.05, 3.63) is 35.4 Å². The number of benzene rings is 1. The Labute approximate surface area is 244 Å². The van der Waals surface area contributed by atoms with Gasteiger partial charge in [0.2, 0.25) is 6.29 Å². The molecule has 0 spiro atoms. The van der Waals surface area contributed by atoms with Crippen molar-refractivity contribution in [1.82, 2.24) is 4.90 Å². The van der Waals surface area contributed by atoms with Crippen LogP contribution in [0.2, 0.25) is 0 Å². The first-order chi connectivity index (χ1) is 19.6. The van der Waals surface area contributed by atoms with Crippen molar-refractivity contribution < 1.29 is 19.1 Å². The molecule has 1 amide bonds. The molecule has 5 nitrogen and oxygen atoms in total. The molecule has 0 bridgehead atoms. The first-order valence-electron chi connectivity index (χ1n) is 16.2. The lowest BCUT2D eigenvalue weighted by Crippen LogP contribution is -2.37. The van der Waals surface area contributed by atoms with Gasteiger partial charge in [0.1, 0.15) is 0 Å². The summed E-state index contributed by atoms with van der Waals surface area (Å²) in [4.78, 5) is 26.7. The van der Waals surface area contributed by atoms with E-state index < -0.39 is 12.4 Å². The van der Waals surface area contributed by atoms with Gasteiger partial charge in [-0.05, 0) is 30.4 Å². The molecular weight excluding hydrogens is 498 g/mol. The van der Waals surface area contributed by atoms with E-state index in [0.717, 1.165) is 37.7 Å². The first-order valence-corrected chi connectivity index (χ1v) is 16.2. The maximum Gasteiger partial charge on any atom is 0.414 e. The Kier molecular flexibility index (Phi) is 18.0. The molecule has 1 aromatic carbocycles. The van der Waals surface area contributed by atoms with Gasteiger partial charge in [0.25, 0.3) is 0 Å². The van der Waals surface area contributed by atoms with Crippen LogP contribution in [0.15, 0.2) is 24.3 Å². The molecule has 224 valence electrons. The number of fused-ring (bicyclic) bond motifs is 1. The van der Waals surface area contributed by atoms with Crippen molar-refractivity contribution in [1.29, 1.82) is 0 Å². The Hall–Kier alpha value is -2.48. The number of nitrogens with zero attached hydrogens (tertiary/aromatic N) is 1. The van der Waals surface area contributed by atoms with E-state index in [9.17, 15) is 9.59 Å². The fourth-order valence-electron chi connectivity index (χ4n) is 5.73. The molecule has 1 aliphatic carbocycles. The normalized spacial score (nSPS) is 14.8. The summed E-state index contributed by atoms with van der Waals surface area (Å²) in [5.74, 6) is 2.24. The van der Waals surface area contributed by atoms with Gasteiger partial charge >= 0.3 is 12.1 Å². The van der Waals surface area contributed by atoms with Crippen LogP contribution in [0.4, 0.5) is 4.79 Å². The summed E-state index contributed by atoms with van der Waals surface area (Å²) in [5, 5.41) is 0. The number of amides is 1. The largest absolute Gasteiger partial charge is 0.425 e. The van der Waals surface area contributed by atoms with Gasteiger partial charge in [0.05, 0.1) is 12.6 Å². The monoisotopic (exact) mass is 553 g/mol. The Bertz CT molecular complexity index is 876. The standard InChI is InChI=1S/C35H55NO4/c1-4-6-7-8-9-10-11-12-13-14-15-16-17-18-19-20-21-26-34(37)39-30(3)40-35(38)36(29-5-2)33-28-27-31-24-22-23-25-32(31)33/h2,22-25,30,33H,4,6-21,26-29H2,1,3H3. The molecule has 0 saturated heterocycles. The number of esters is 1. The number of rotatable bonds is 22. The fraction of sp³-hybridized carbons (Fsp3) is 0.714. The van der Waals surface area contributed by atoms with Gasteiger partial charge in [-0.2, -0.15) is 0 Å². The van der Waals surface area contributed by atoms with E-state index in [0.29, 0.717) is 6.42 Å². The van der Waals surface area contributed by atoms with Gasteiger partial charge in [-0.25, -0.2) is 4.79 Å². The van der Waals surface area contributed by atoms with Crippen molar-refractivity contribution in [3.63, 3.8) is 0 Å². The average Bonchev–Trinajstić information content (AvgIpc) is 3.37. The van der Waals surface area contributed by atoms with Crippen molar-refractivity contribution >= 4 is 12.1 Å². The lowest BCUT2D eigenvalue weighted by Gasteiger charge is -2.28. The fourth-order valence-corrected chi connectivity index (χ4v) is 5.73. The van der Waals surface area contributed by atoms with E-state index in [1.807, 2.05) is 18.2 Å².